The number of hydrogen-bond donors (Lipinski definition) is 1. The lowest BCUT2D eigenvalue weighted by Gasteiger charge is -2.18. The second-order valence-corrected chi connectivity index (χ2v) is 6.51. The minimum absolute atomic E-state index is 0.0360. The zero-order valence-electron chi connectivity index (χ0n) is 13.0. The van der Waals surface area contributed by atoms with Crippen LogP contribution >= 0.6 is 0 Å². The van der Waals surface area contributed by atoms with Crippen LogP contribution in [-0.4, -0.2) is 32.7 Å². The van der Waals surface area contributed by atoms with E-state index in [-0.39, 0.29) is 5.91 Å². The number of tetrazole rings is 1. The summed E-state index contributed by atoms with van der Waals surface area (Å²) in [5, 5.41) is 14.3. The SMILES string of the molecule is Cc1ccc(C(=O)NC[C@@H]2C[C@@H]3C=C[C@H]2C3)cc1-n1cnnn1. The topological polar surface area (TPSA) is 72.7 Å². The van der Waals surface area contributed by atoms with E-state index in [1.807, 2.05) is 25.1 Å². The maximum absolute atomic E-state index is 12.5. The molecule has 2 aliphatic carbocycles. The number of rotatable bonds is 4. The van der Waals surface area contributed by atoms with Gasteiger partial charge in [-0.1, -0.05) is 18.2 Å². The molecule has 0 radical (unpaired) electrons. The lowest BCUT2D eigenvalue weighted by molar-refractivity contribution is 0.0945. The van der Waals surface area contributed by atoms with Gasteiger partial charge in [0.25, 0.3) is 5.91 Å². The van der Waals surface area contributed by atoms with Crippen LogP contribution in [0.5, 0.6) is 0 Å². The van der Waals surface area contributed by atoms with Crippen molar-refractivity contribution in [3.63, 3.8) is 0 Å². The van der Waals surface area contributed by atoms with Gasteiger partial charge in [0.15, 0.2) is 0 Å². The molecule has 1 amide bonds. The average molecular weight is 309 g/mol. The zero-order valence-corrected chi connectivity index (χ0v) is 13.0. The van der Waals surface area contributed by atoms with Crippen molar-refractivity contribution in [2.24, 2.45) is 17.8 Å². The van der Waals surface area contributed by atoms with Gasteiger partial charge in [-0.2, -0.15) is 0 Å². The average Bonchev–Trinajstić information content (AvgIpc) is 3.30. The van der Waals surface area contributed by atoms with Gasteiger partial charge >= 0.3 is 0 Å². The number of carbonyl (C=O) groups is 1. The van der Waals surface area contributed by atoms with E-state index in [4.69, 9.17) is 0 Å². The van der Waals surface area contributed by atoms with Crippen LogP contribution in [0.3, 0.4) is 0 Å². The summed E-state index contributed by atoms with van der Waals surface area (Å²) in [7, 11) is 0. The molecule has 118 valence electrons. The van der Waals surface area contributed by atoms with Gasteiger partial charge in [-0.3, -0.25) is 4.79 Å². The third-order valence-electron chi connectivity index (χ3n) is 5.01. The third kappa shape index (κ3) is 2.65. The Morgan fingerprint density at radius 2 is 2.26 bits per heavy atom. The van der Waals surface area contributed by atoms with Crippen LogP contribution in [0.4, 0.5) is 0 Å². The van der Waals surface area contributed by atoms with Gasteiger partial charge in [0, 0.05) is 12.1 Å². The highest BCUT2D eigenvalue weighted by Gasteiger charge is 2.35. The molecule has 2 aromatic rings. The molecule has 0 spiro atoms. The highest BCUT2D eigenvalue weighted by molar-refractivity contribution is 5.94. The number of amides is 1. The van der Waals surface area contributed by atoms with Crippen molar-refractivity contribution in [2.45, 2.75) is 19.8 Å². The Bertz CT molecular complexity index is 752. The number of fused-ring (bicyclic) bond motifs is 2. The van der Waals surface area contributed by atoms with Crippen molar-refractivity contribution < 1.29 is 4.79 Å². The van der Waals surface area contributed by atoms with E-state index in [1.165, 1.54) is 19.2 Å². The van der Waals surface area contributed by atoms with Crippen molar-refractivity contribution in [3.05, 3.63) is 47.8 Å². The van der Waals surface area contributed by atoms with Crippen LogP contribution < -0.4 is 5.32 Å². The Morgan fingerprint density at radius 3 is 2.96 bits per heavy atom. The molecule has 0 unspecified atom stereocenters. The Hall–Kier alpha value is -2.50. The van der Waals surface area contributed by atoms with Crippen molar-refractivity contribution in [3.8, 4) is 5.69 Å². The van der Waals surface area contributed by atoms with E-state index in [0.717, 1.165) is 23.7 Å². The molecule has 1 aromatic heterocycles. The van der Waals surface area contributed by atoms with E-state index in [9.17, 15) is 4.79 Å². The molecule has 1 heterocycles. The fraction of sp³-hybridized carbons (Fsp3) is 0.412. The zero-order chi connectivity index (χ0) is 15.8. The lowest BCUT2D eigenvalue weighted by atomic mass is 9.93. The monoisotopic (exact) mass is 309 g/mol. The maximum Gasteiger partial charge on any atom is 0.251 e. The Balaban J connectivity index is 1.46. The van der Waals surface area contributed by atoms with Gasteiger partial charge in [-0.15, -0.1) is 5.10 Å². The van der Waals surface area contributed by atoms with Gasteiger partial charge in [0.05, 0.1) is 5.69 Å². The number of carbonyl (C=O) groups excluding carboxylic acids is 1. The summed E-state index contributed by atoms with van der Waals surface area (Å²) in [5.41, 5.74) is 2.48. The summed E-state index contributed by atoms with van der Waals surface area (Å²) in [6.07, 6.45) is 8.62. The summed E-state index contributed by atoms with van der Waals surface area (Å²) in [6.45, 7) is 2.72. The predicted molar refractivity (Wildman–Crippen MR) is 85.1 cm³/mol. The van der Waals surface area contributed by atoms with Gasteiger partial charge in [-0.05, 0) is 65.6 Å². The Kier molecular flexibility index (Phi) is 3.44. The first-order chi connectivity index (χ1) is 11.2. The normalized spacial score (nSPS) is 25.0. The van der Waals surface area contributed by atoms with E-state index in [2.05, 4.69) is 33.0 Å². The third-order valence-corrected chi connectivity index (χ3v) is 5.01. The molecule has 1 N–H and O–H groups in total. The van der Waals surface area contributed by atoms with E-state index in [1.54, 1.807) is 4.68 Å². The number of allylic oxidation sites excluding steroid dienone is 2. The molecule has 6 nitrogen and oxygen atoms in total. The molecule has 1 saturated carbocycles. The molecule has 0 saturated heterocycles. The molecule has 3 atom stereocenters. The minimum atomic E-state index is -0.0360. The Morgan fingerprint density at radius 1 is 1.35 bits per heavy atom. The number of nitrogens with zero attached hydrogens (tertiary/aromatic N) is 4. The summed E-state index contributed by atoms with van der Waals surface area (Å²) in [4.78, 5) is 12.5. The smallest absolute Gasteiger partial charge is 0.251 e. The molecule has 0 aliphatic heterocycles. The van der Waals surface area contributed by atoms with Crippen molar-refractivity contribution in [1.29, 1.82) is 0 Å². The summed E-state index contributed by atoms with van der Waals surface area (Å²) in [6, 6.07) is 5.60. The molecule has 2 aliphatic rings. The van der Waals surface area contributed by atoms with Crippen LogP contribution in [0.25, 0.3) is 5.69 Å². The van der Waals surface area contributed by atoms with E-state index in [0.29, 0.717) is 17.4 Å². The van der Waals surface area contributed by atoms with Gasteiger partial charge < -0.3 is 5.32 Å². The summed E-state index contributed by atoms with van der Waals surface area (Å²) >= 11 is 0. The Labute approximate surface area is 134 Å². The molecule has 4 rings (SSSR count). The molecule has 2 bridgehead atoms. The molecule has 6 heteroatoms. The molecule has 1 aromatic carbocycles. The first-order valence-corrected chi connectivity index (χ1v) is 8.01. The molecular weight excluding hydrogens is 290 g/mol. The van der Waals surface area contributed by atoms with Crippen LogP contribution in [0.2, 0.25) is 0 Å². The van der Waals surface area contributed by atoms with Gasteiger partial charge in [-0.25, -0.2) is 4.68 Å². The maximum atomic E-state index is 12.5. The number of aromatic nitrogens is 4. The summed E-state index contributed by atoms with van der Waals surface area (Å²) in [5.74, 6) is 1.92. The van der Waals surface area contributed by atoms with Crippen LogP contribution in [0.1, 0.15) is 28.8 Å². The summed E-state index contributed by atoms with van der Waals surface area (Å²) < 4.78 is 1.58. The number of benzene rings is 1. The second-order valence-electron chi connectivity index (χ2n) is 6.51. The standard InChI is InChI=1S/C17H19N5O/c1-11-2-4-14(8-16(11)22-10-19-20-21-22)17(23)18-9-15-7-12-3-5-13(15)6-12/h2-5,8,10,12-13,15H,6-7,9H2,1H3,(H,18,23)/t12-,13+,15+/m1/s1. The molecule has 23 heavy (non-hydrogen) atoms. The van der Waals surface area contributed by atoms with Gasteiger partial charge in [0.1, 0.15) is 6.33 Å². The quantitative estimate of drug-likeness (QED) is 0.876. The molecule has 1 fully saturated rings. The van der Waals surface area contributed by atoms with Crippen LogP contribution in [0, 0.1) is 24.7 Å². The largest absolute Gasteiger partial charge is 0.352 e. The van der Waals surface area contributed by atoms with Crippen molar-refractivity contribution in [2.75, 3.05) is 6.54 Å². The van der Waals surface area contributed by atoms with E-state index >= 15 is 0 Å². The highest BCUT2D eigenvalue weighted by Crippen LogP contribution is 2.42. The highest BCUT2D eigenvalue weighted by atomic mass is 16.1. The van der Waals surface area contributed by atoms with Crippen molar-refractivity contribution >= 4 is 5.91 Å². The molecular formula is C17H19N5O. The second kappa shape index (κ2) is 5.61. The number of nitrogens with one attached hydrogen (secondary N) is 1. The van der Waals surface area contributed by atoms with Gasteiger partial charge in [0.2, 0.25) is 0 Å². The lowest BCUT2D eigenvalue weighted by Crippen LogP contribution is -2.31. The van der Waals surface area contributed by atoms with Crippen molar-refractivity contribution in [1.82, 2.24) is 25.5 Å². The fourth-order valence-electron chi connectivity index (χ4n) is 3.72. The number of hydrogen-bond acceptors (Lipinski definition) is 4. The first kappa shape index (κ1) is 14.1. The van der Waals surface area contributed by atoms with Crippen LogP contribution in [0.15, 0.2) is 36.7 Å². The fourth-order valence-corrected chi connectivity index (χ4v) is 3.72. The van der Waals surface area contributed by atoms with Crippen LogP contribution in [-0.2, 0) is 0 Å². The predicted octanol–water partition coefficient (Wildman–Crippen LogP) is 1.91. The first-order valence-electron chi connectivity index (χ1n) is 8.01. The van der Waals surface area contributed by atoms with E-state index < -0.39 is 0 Å². The number of aryl methyl sites for hydroxylation is 1. The minimum Gasteiger partial charge on any atom is -0.352 e.